The van der Waals surface area contributed by atoms with E-state index in [0.717, 1.165) is 0 Å². The van der Waals surface area contributed by atoms with E-state index in [-0.39, 0.29) is 12.1 Å². The highest BCUT2D eigenvalue weighted by Crippen LogP contribution is 2.26. The van der Waals surface area contributed by atoms with E-state index in [1.54, 1.807) is 0 Å². The lowest BCUT2D eigenvalue weighted by molar-refractivity contribution is 0.187. The van der Waals surface area contributed by atoms with E-state index < -0.39 is 6.09 Å². The fourth-order valence-electron chi connectivity index (χ4n) is 2.33. The zero-order valence-corrected chi connectivity index (χ0v) is 10.4. The van der Waals surface area contributed by atoms with Crippen molar-refractivity contribution in [3.05, 3.63) is 41.5 Å². The quantitative estimate of drug-likeness (QED) is 0.748. The number of aryl methyl sites for hydroxylation is 1. The van der Waals surface area contributed by atoms with Crippen molar-refractivity contribution in [2.75, 3.05) is 0 Å². The van der Waals surface area contributed by atoms with Crippen molar-refractivity contribution in [1.29, 1.82) is 0 Å². The highest BCUT2D eigenvalue weighted by molar-refractivity contribution is 5.69. The molecule has 0 bridgehead atoms. The van der Waals surface area contributed by atoms with Crippen LogP contribution in [-0.2, 0) is 0 Å². The first-order chi connectivity index (χ1) is 8.56. The minimum atomic E-state index is -1.01. The van der Waals surface area contributed by atoms with Crippen LogP contribution in [0.1, 0.15) is 24.0 Å². The molecule has 1 aromatic carbocycles. The Morgan fingerprint density at radius 1 is 1.50 bits per heavy atom. The number of nitrogens with one attached hydrogen (secondary N) is 1. The van der Waals surface area contributed by atoms with Gasteiger partial charge in [-0.25, -0.2) is 4.79 Å². The summed E-state index contributed by atoms with van der Waals surface area (Å²) in [6, 6.07) is 7.93. The number of nitrogens with two attached hydrogens (primary N) is 1. The van der Waals surface area contributed by atoms with Crippen molar-refractivity contribution < 1.29 is 9.90 Å². The average molecular weight is 246 g/mol. The number of carboxylic acid groups (broad SMARTS) is 1. The molecule has 1 aliphatic carbocycles. The third kappa shape index (κ3) is 2.90. The zero-order valence-electron chi connectivity index (χ0n) is 10.4. The summed E-state index contributed by atoms with van der Waals surface area (Å²) in [5.74, 6) is 0. The second-order valence-electron chi connectivity index (χ2n) is 4.76. The highest BCUT2D eigenvalue weighted by atomic mass is 16.4. The smallest absolute Gasteiger partial charge is 0.404 e. The van der Waals surface area contributed by atoms with Gasteiger partial charge in [0.05, 0.1) is 6.04 Å². The fourth-order valence-corrected chi connectivity index (χ4v) is 2.33. The minimum Gasteiger partial charge on any atom is -0.465 e. The van der Waals surface area contributed by atoms with E-state index in [1.807, 2.05) is 6.07 Å². The summed E-state index contributed by atoms with van der Waals surface area (Å²) in [6.07, 6.45) is 2.42. The first kappa shape index (κ1) is 12.6. The molecule has 1 aromatic rings. The van der Waals surface area contributed by atoms with Gasteiger partial charge in [0.1, 0.15) is 0 Å². The topological polar surface area (TPSA) is 75.3 Å². The van der Waals surface area contributed by atoms with Crippen molar-refractivity contribution in [1.82, 2.24) is 5.32 Å². The Kier molecular flexibility index (Phi) is 3.67. The summed E-state index contributed by atoms with van der Waals surface area (Å²) in [6.45, 7) is 2.06. The fraction of sp³-hybridized carbons (Fsp3) is 0.357. The summed E-state index contributed by atoms with van der Waals surface area (Å²) in [5.41, 5.74) is 9.63. The third-order valence-electron chi connectivity index (χ3n) is 3.29. The number of carbonyl (C=O) groups is 1. The van der Waals surface area contributed by atoms with Gasteiger partial charge in [-0.1, -0.05) is 35.9 Å². The van der Waals surface area contributed by atoms with Crippen LogP contribution in [0.4, 0.5) is 4.79 Å². The van der Waals surface area contributed by atoms with Crippen molar-refractivity contribution in [3.63, 3.8) is 0 Å². The number of hydrogen-bond acceptors (Lipinski definition) is 2. The van der Waals surface area contributed by atoms with Gasteiger partial charge in [0.25, 0.3) is 0 Å². The molecule has 0 saturated heterocycles. The van der Waals surface area contributed by atoms with Crippen molar-refractivity contribution in [2.24, 2.45) is 5.73 Å². The molecular formula is C14H18N2O2. The average Bonchev–Trinajstić information content (AvgIpc) is 2.31. The molecule has 0 unspecified atom stereocenters. The molecule has 0 saturated carbocycles. The van der Waals surface area contributed by atoms with E-state index in [0.29, 0.717) is 12.8 Å². The molecule has 0 spiro atoms. The molecule has 0 aromatic heterocycles. The molecule has 2 rings (SSSR count). The van der Waals surface area contributed by atoms with Crippen LogP contribution in [-0.4, -0.2) is 23.3 Å². The lowest BCUT2D eigenvalue weighted by atomic mass is 9.87. The Morgan fingerprint density at radius 2 is 2.28 bits per heavy atom. The molecule has 4 heteroatoms. The van der Waals surface area contributed by atoms with Crippen LogP contribution in [0.25, 0.3) is 5.57 Å². The maximum atomic E-state index is 10.6. The van der Waals surface area contributed by atoms with E-state index in [2.05, 4.69) is 36.5 Å². The Hall–Kier alpha value is -1.81. The number of hydrogen-bond donors (Lipinski definition) is 3. The largest absolute Gasteiger partial charge is 0.465 e. The molecule has 4 nitrogen and oxygen atoms in total. The molecule has 0 radical (unpaired) electrons. The predicted octanol–water partition coefficient (Wildman–Crippen LogP) is 2.14. The Bertz CT molecular complexity index is 482. The van der Waals surface area contributed by atoms with E-state index >= 15 is 0 Å². The van der Waals surface area contributed by atoms with Gasteiger partial charge in [-0.05, 0) is 30.9 Å². The maximum absolute atomic E-state index is 10.6. The Balaban J connectivity index is 2.14. The molecule has 1 aliphatic rings. The third-order valence-corrected chi connectivity index (χ3v) is 3.29. The van der Waals surface area contributed by atoms with Gasteiger partial charge in [-0.15, -0.1) is 0 Å². The number of rotatable bonds is 2. The van der Waals surface area contributed by atoms with Crippen molar-refractivity contribution in [2.45, 2.75) is 31.8 Å². The van der Waals surface area contributed by atoms with Gasteiger partial charge in [0.15, 0.2) is 0 Å². The van der Waals surface area contributed by atoms with Gasteiger partial charge in [-0.3, -0.25) is 0 Å². The number of benzene rings is 1. The summed E-state index contributed by atoms with van der Waals surface area (Å²) < 4.78 is 0. The highest BCUT2D eigenvalue weighted by Gasteiger charge is 2.24. The van der Waals surface area contributed by atoms with E-state index in [9.17, 15) is 4.79 Å². The second-order valence-corrected chi connectivity index (χ2v) is 4.76. The summed E-state index contributed by atoms with van der Waals surface area (Å²) in [5, 5.41) is 11.2. The molecule has 0 aliphatic heterocycles. The first-order valence-corrected chi connectivity index (χ1v) is 6.07. The molecule has 1 amide bonds. The van der Waals surface area contributed by atoms with Crippen LogP contribution >= 0.6 is 0 Å². The van der Waals surface area contributed by atoms with Crippen LogP contribution in [0, 0.1) is 6.92 Å². The second kappa shape index (κ2) is 5.23. The Labute approximate surface area is 107 Å². The summed E-state index contributed by atoms with van der Waals surface area (Å²) >= 11 is 0. The van der Waals surface area contributed by atoms with Crippen LogP contribution in [0.5, 0.6) is 0 Å². The molecule has 0 fully saturated rings. The predicted molar refractivity (Wildman–Crippen MR) is 71.3 cm³/mol. The minimum absolute atomic E-state index is 0.165. The van der Waals surface area contributed by atoms with Crippen LogP contribution in [0.3, 0.4) is 0 Å². The first-order valence-electron chi connectivity index (χ1n) is 6.07. The normalized spacial score (nSPS) is 23.3. The van der Waals surface area contributed by atoms with Crippen LogP contribution < -0.4 is 11.1 Å². The van der Waals surface area contributed by atoms with E-state index in [1.165, 1.54) is 16.7 Å². The van der Waals surface area contributed by atoms with Gasteiger partial charge in [0.2, 0.25) is 0 Å². The van der Waals surface area contributed by atoms with Gasteiger partial charge in [0, 0.05) is 6.04 Å². The summed E-state index contributed by atoms with van der Waals surface area (Å²) in [4.78, 5) is 10.6. The van der Waals surface area contributed by atoms with E-state index in [4.69, 9.17) is 10.8 Å². The van der Waals surface area contributed by atoms with Gasteiger partial charge >= 0.3 is 6.09 Å². The molecule has 2 atom stereocenters. The molecule has 96 valence electrons. The SMILES string of the molecule is Cc1cccc(C2=CC[C@H](NC(=O)O)[C@@H](N)C2)c1. The van der Waals surface area contributed by atoms with Crippen molar-refractivity contribution in [3.8, 4) is 0 Å². The molecule has 0 heterocycles. The van der Waals surface area contributed by atoms with Gasteiger partial charge < -0.3 is 16.2 Å². The molecular weight excluding hydrogens is 228 g/mol. The van der Waals surface area contributed by atoms with Crippen LogP contribution in [0.2, 0.25) is 0 Å². The monoisotopic (exact) mass is 246 g/mol. The maximum Gasteiger partial charge on any atom is 0.404 e. The van der Waals surface area contributed by atoms with Crippen LogP contribution in [0.15, 0.2) is 30.3 Å². The Morgan fingerprint density at radius 3 is 2.89 bits per heavy atom. The lowest BCUT2D eigenvalue weighted by Gasteiger charge is -2.28. The van der Waals surface area contributed by atoms with Crippen molar-refractivity contribution >= 4 is 11.7 Å². The zero-order chi connectivity index (χ0) is 13.1. The lowest BCUT2D eigenvalue weighted by Crippen LogP contribution is -2.48. The molecule has 4 N–H and O–H groups in total. The molecule has 18 heavy (non-hydrogen) atoms. The van der Waals surface area contributed by atoms with Gasteiger partial charge in [-0.2, -0.15) is 0 Å². The standard InChI is InChI=1S/C14H18N2O2/c1-9-3-2-4-10(7-9)11-5-6-13(12(15)8-11)16-14(17)18/h2-5,7,12-13,16H,6,8,15H2,1H3,(H,17,18)/t12-,13-/m0/s1. The summed E-state index contributed by atoms with van der Waals surface area (Å²) in [7, 11) is 0. The number of amides is 1.